The maximum absolute atomic E-state index is 10.9. The summed E-state index contributed by atoms with van der Waals surface area (Å²) in [5.41, 5.74) is 2.34. The summed E-state index contributed by atoms with van der Waals surface area (Å²) < 4.78 is 24.2. The van der Waals surface area contributed by atoms with E-state index in [0.717, 1.165) is 30.8 Å². The number of rotatable bonds is 7. The van der Waals surface area contributed by atoms with Gasteiger partial charge in [0.2, 0.25) is 10.0 Å². The Morgan fingerprint density at radius 3 is 2.58 bits per heavy atom. The molecular formula is C12H24N4O2S. The first-order valence-electron chi connectivity index (χ1n) is 6.38. The van der Waals surface area contributed by atoms with Crippen LogP contribution in [0.5, 0.6) is 0 Å². The Balaban J connectivity index is 2.29. The normalized spacial score (nSPS) is 12.8. The highest BCUT2D eigenvalue weighted by atomic mass is 32.2. The fraction of sp³-hybridized carbons (Fsp3) is 0.750. The summed E-state index contributed by atoms with van der Waals surface area (Å²) in [4.78, 5) is 0. The molecule has 0 bridgehead atoms. The molecule has 0 aliphatic carbocycles. The molecule has 0 unspecified atom stereocenters. The Morgan fingerprint density at radius 1 is 1.32 bits per heavy atom. The molecule has 3 N–H and O–H groups in total. The molecule has 0 aliphatic heterocycles. The molecule has 0 amide bonds. The van der Waals surface area contributed by atoms with Crippen molar-refractivity contribution in [2.45, 2.75) is 39.2 Å². The number of aromatic amines is 1. The van der Waals surface area contributed by atoms with Crippen molar-refractivity contribution in [2.24, 2.45) is 0 Å². The SMILES string of the molecule is CC(C)(C)c1[nH]ncc1CNCCCNS(C)(=O)=O. The van der Waals surface area contributed by atoms with Crippen LogP contribution in [-0.4, -0.2) is 38.0 Å². The fourth-order valence-corrected chi connectivity index (χ4v) is 2.30. The van der Waals surface area contributed by atoms with Crippen LogP contribution in [0.4, 0.5) is 0 Å². The van der Waals surface area contributed by atoms with Gasteiger partial charge in [-0.2, -0.15) is 5.10 Å². The van der Waals surface area contributed by atoms with Crippen molar-refractivity contribution in [3.63, 3.8) is 0 Å². The Hall–Kier alpha value is -0.920. The summed E-state index contributed by atoms with van der Waals surface area (Å²) in [5.74, 6) is 0. The molecule has 1 heterocycles. The third kappa shape index (κ3) is 6.17. The van der Waals surface area contributed by atoms with E-state index in [9.17, 15) is 8.42 Å². The largest absolute Gasteiger partial charge is 0.312 e. The topological polar surface area (TPSA) is 86.9 Å². The number of nitrogens with zero attached hydrogens (tertiary/aromatic N) is 1. The maximum atomic E-state index is 10.9. The summed E-state index contributed by atoms with van der Waals surface area (Å²) >= 11 is 0. The van der Waals surface area contributed by atoms with Crippen LogP contribution in [0.2, 0.25) is 0 Å². The highest BCUT2D eigenvalue weighted by Gasteiger charge is 2.19. The second-order valence-electron chi connectivity index (χ2n) is 5.72. The summed E-state index contributed by atoms with van der Waals surface area (Å²) in [7, 11) is -3.07. The van der Waals surface area contributed by atoms with E-state index in [1.54, 1.807) is 0 Å². The van der Waals surface area contributed by atoms with Crippen molar-refractivity contribution in [3.8, 4) is 0 Å². The van der Waals surface area contributed by atoms with Gasteiger partial charge in [0.15, 0.2) is 0 Å². The smallest absolute Gasteiger partial charge is 0.208 e. The number of nitrogens with one attached hydrogen (secondary N) is 3. The van der Waals surface area contributed by atoms with Gasteiger partial charge in [0.25, 0.3) is 0 Å². The zero-order valence-corrected chi connectivity index (χ0v) is 12.9. The van der Waals surface area contributed by atoms with E-state index >= 15 is 0 Å². The van der Waals surface area contributed by atoms with Crippen LogP contribution in [0.1, 0.15) is 38.4 Å². The lowest BCUT2D eigenvalue weighted by atomic mass is 9.89. The second-order valence-corrected chi connectivity index (χ2v) is 7.55. The minimum Gasteiger partial charge on any atom is -0.312 e. The van der Waals surface area contributed by atoms with Gasteiger partial charge < -0.3 is 5.32 Å². The van der Waals surface area contributed by atoms with Crippen LogP contribution in [-0.2, 0) is 22.0 Å². The monoisotopic (exact) mass is 288 g/mol. The quantitative estimate of drug-likeness (QED) is 0.646. The minimum atomic E-state index is -3.07. The van der Waals surface area contributed by atoms with Gasteiger partial charge in [-0.3, -0.25) is 5.10 Å². The molecule has 0 aliphatic rings. The summed E-state index contributed by atoms with van der Waals surface area (Å²) in [6.07, 6.45) is 3.76. The van der Waals surface area contributed by atoms with E-state index in [2.05, 4.69) is 41.0 Å². The third-order valence-electron chi connectivity index (χ3n) is 2.68. The van der Waals surface area contributed by atoms with Crippen molar-refractivity contribution in [2.75, 3.05) is 19.3 Å². The molecule has 0 atom stereocenters. The first kappa shape index (κ1) is 16.1. The molecule has 0 saturated heterocycles. The Kier molecular flexibility index (Phi) is 5.51. The van der Waals surface area contributed by atoms with E-state index in [1.807, 2.05) is 6.20 Å². The molecule has 6 nitrogen and oxygen atoms in total. The van der Waals surface area contributed by atoms with Crippen molar-refractivity contribution in [1.82, 2.24) is 20.2 Å². The number of aromatic nitrogens is 2. The van der Waals surface area contributed by atoms with Crippen LogP contribution in [0, 0.1) is 0 Å². The van der Waals surface area contributed by atoms with Crippen molar-refractivity contribution in [3.05, 3.63) is 17.5 Å². The van der Waals surface area contributed by atoms with E-state index in [4.69, 9.17) is 0 Å². The molecule has 0 aromatic carbocycles. The average molecular weight is 288 g/mol. The highest BCUT2D eigenvalue weighted by molar-refractivity contribution is 7.88. The molecule has 19 heavy (non-hydrogen) atoms. The van der Waals surface area contributed by atoms with Crippen molar-refractivity contribution >= 4 is 10.0 Å². The van der Waals surface area contributed by atoms with Gasteiger partial charge in [0, 0.05) is 29.8 Å². The predicted molar refractivity (Wildman–Crippen MR) is 76.5 cm³/mol. The van der Waals surface area contributed by atoms with E-state index in [1.165, 1.54) is 6.26 Å². The van der Waals surface area contributed by atoms with E-state index in [0.29, 0.717) is 6.54 Å². The van der Waals surface area contributed by atoms with Crippen molar-refractivity contribution < 1.29 is 8.42 Å². The van der Waals surface area contributed by atoms with Gasteiger partial charge in [0.05, 0.1) is 12.5 Å². The molecule has 1 aromatic heterocycles. The number of sulfonamides is 1. The summed E-state index contributed by atoms with van der Waals surface area (Å²) in [6.45, 7) is 8.38. The summed E-state index contributed by atoms with van der Waals surface area (Å²) in [5, 5.41) is 10.4. The molecule has 110 valence electrons. The fourth-order valence-electron chi connectivity index (χ4n) is 1.79. The zero-order valence-electron chi connectivity index (χ0n) is 12.1. The lowest BCUT2D eigenvalue weighted by Gasteiger charge is -2.18. The number of hydrogen-bond acceptors (Lipinski definition) is 4. The Bertz CT molecular complexity index is 488. The maximum Gasteiger partial charge on any atom is 0.208 e. The molecule has 1 rings (SSSR count). The van der Waals surface area contributed by atoms with Crippen LogP contribution in [0.15, 0.2) is 6.20 Å². The van der Waals surface area contributed by atoms with Gasteiger partial charge in [-0.05, 0) is 13.0 Å². The molecule has 0 saturated carbocycles. The standard InChI is InChI=1S/C12H24N4O2S/c1-12(2,3)11-10(9-14-16-11)8-13-6-5-7-15-19(4,17)18/h9,13,15H,5-8H2,1-4H3,(H,14,16). The molecule has 7 heteroatoms. The van der Waals surface area contributed by atoms with E-state index < -0.39 is 10.0 Å². The van der Waals surface area contributed by atoms with Gasteiger partial charge in [-0.15, -0.1) is 0 Å². The lowest BCUT2D eigenvalue weighted by molar-refractivity contribution is 0.550. The van der Waals surface area contributed by atoms with Gasteiger partial charge >= 0.3 is 0 Å². The van der Waals surface area contributed by atoms with Crippen LogP contribution >= 0.6 is 0 Å². The zero-order chi connectivity index (χ0) is 14.5. The molecule has 0 fully saturated rings. The van der Waals surface area contributed by atoms with Gasteiger partial charge in [0.1, 0.15) is 0 Å². The van der Waals surface area contributed by atoms with Crippen LogP contribution in [0.3, 0.4) is 0 Å². The molecule has 1 aromatic rings. The van der Waals surface area contributed by atoms with Crippen molar-refractivity contribution in [1.29, 1.82) is 0 Å². The molecule has 0 spiro atoms. The average Bonchev–Trinajstić information content (AvgIpc) is 2.69. The lowest BCUT2D eigenvalue weighted by Crippen LogP contribution is -2.26. The second kappa shape index (κ2) is 6.49. The summed E-state index contributed by atoms with van der Waals surface area (Å²) in [6, 6.07) is 0. The first-order valence-corrected chi connectivity index (χ1v) is 8.27. The number of hydrogen-bond donors (Lipinski definition) is 3. The Morgan fingerprint density at radius 2 is 2.00 bits per heavy atom. The third-order valence-corrected chi connectivity index (χ3v) is 3.41. The number of H-pyrrole nitrogens is 1. The minimum absolute atomic E-state index is 0.0470. The first-order chi connectivity index (χ1) is 8.70. The van der Waals surface area contributed by atoms with Crippen LogP contribution < -0.4 is 10.0 Å². The Labute approximate surface area is 115 Å². The van der Waals surface area contributed by atoms with Gasteiger partial charge in [-0.25, -0.2) is 13.1 Å². The molecule has 0 radical (unpaired) electrons. The van der Waals surface area contributed by atoms with E-state index in [-0.39, 0.29) is 5.41 Å². The van der Waals surface area contributed by atoms with Crippen LogP contribution in [0.25, 0.3) is 0 Å². The predicted octanol–water partition coefficient (Wildman–Crippen LogP) is 0.736. The highest BCUT2D eigenvalue weighted by Crippen LogP contribution is 2.22. The molecular weight excluding hydrogens is 264 g/mol. The van der Waals surface area contributed by atoms with Gasteiger partial charge in [-0.1, -0.05) is 20.8 Å².